The standard InChI is InChI=1S/C16H14F3N5O4S/c1-3-24(12-10(13(25)26)5-4-6-11(12)16(17,18)19)29(27,28)15-21-14-20-7-9(2)8-23(14)22-15/h4-8H,3H2,1-2H3,(H,25,26). The molecule has 0 bridgehead atoms. The Morgan fingerprint density at radius 3 is 2.59 bits per heavy atom. The summed E-state index contributed by atoms with van der Waals surface area (Å²) < 4.78 is 68.1. The van der Waals surface area contributed by atoms with Gasteiger partial charge in [0.05, 0.1) is 16.8 Å². The summed E-state index contributed by atoms with van der Waals surface area (Å²) >= 11 is 0. The highest BCUT2D eigenvalue weighted by Gasteiger charge is 2.41. The molecule has 29 heavy (non-hydrogen) atoms. The van der Waals surface area contributed by atoms with Crippen LogP contribution in [0.3, 0.4) is 0 Å². The monoisotopic (exact) mass is 429 g/mol. The first kappa shape index (κ1) is 20.5. The van der Waals surface area contributed by atoms with Gasteiger partial charge in [0.15, 0.2) is 0 Å². The van der Waals surface area contributed by atoms with Gasteiger partial charge in [0, 0.05) is 18.9 Å². The molecular weight excluding hydrogens is 415 g/mol. The third kappa shape index (κ3) is 3.60. The molecule has 0 spiro atoms. The van der Waals surface area contributed by atoms with E-state index >= 15 is 0 Å². The molecule has 0 saturated heterocycles. The molecule has 9 nitrogen and oxygen atoms in total. The Balaban J connectivity index is 2.26. The van der Waals surface area contributed by atoms with E-state index in [1.165, 1.54) is 19.3 Å². The van der Waals surface area contributed by atoms with Crippen LogP contribution in [0.4, 0.5) is 18.9 Å². The molecule has 0 atom stereocenters. The fourth-order valence-corrected chi connectivity index (χ4v) is 4.09. The van der Waals surface area contributed by atoms with E-state index in [1.54, 1.807) is 6.92 Å². The summed E-state index contributed by atoms with van der Waals surface area (Å²) in [6, 6.07) is 2.40. The van der Waals surface area contributed by atoms with Crippen LogP contribution in [0, 0.1) is 6.92 Å². The van der Waals surface area contributed by atoms with Crippen molar-refractivity contribution in [1.82, 2.24) is 19.6 Å². The quantitative estimate of drug-likeness (QED) is 0.662. The lowest BCUT2D eigenvalue weighted by Crippen LogP contribution is -2.34. The van der Waals surface area contributed by atoms with E-state index in [9.17, 15) is 31.5 Å². The van der Waals surface area contributed by atoms with Crippen LogP contribution in [0.2, 0.25) is 0 Å². The van der Waals surface area contributed by atoms with E-state index in [4.69, 9.17) is 0 Å². The summed E-state index contributed by atoms with van der Waals surface area (Å²) in [7, 11) is -4.73. The molecule has 0 amide bonds. The number of hydrogen-bond donors (Lipinski definition) is 1. The number of aromatic carboxylic acids is 1. The first-order chi connectivity index (χ1) is 13.5. The Labute approximate surface area is 162 Å². The van der Waals surface area contributed by atoms with Gasteiger partial charge >= 0.3 is 22.2 Å². The van der Waals surface area contributed by atoms with Gasteiger partial charge in [-0.3, -0.25) is 4.31 Å². The number of aryl methyl sites for hydroxylation is 1. The van der Waals surface area contributed by atoms with Gasteiger partial charge in [0.25, 0.3) is 10.9 Å². The zero-order valence-electron chi connectivity index (χ0n) is 15.0. The first-order valence-electron chi connectivity index (χ1n) is 8.12. The van der Waals surface area contributed by atoms with E-state index in [-0.39, 0.29) is 5.78 Å². The SMILES string of the molecule is CCN(c1c(C(=O)O)cccc1C(F)(F)F)S(=O)(=O)c1nc2ncc(C)cn2n1. The largest absolute Gasteiger partial charge is 0.478 e. The number of benzene rings is 1. The van der Waals surface area contributed by atoms with Crippen molar-refractivity contribution in [3.63, 3.8) is 0 Å². The van der Waals surface area contributed by atoms with E-state index in [1.807, 2.05) is 0 Å². The molecule has 13 heteroatoms. The van der Waals surface area contributed by atoms with Crippen molar-refractivity contribution in [1.29, 1.82) is 0 Å². The number of sulfonamides is 1. The zero-order valence-corrected chi connectivity index (χ0v) is 15.9. The predicted octanol–water partition coefficient (Wildman–Crippen LogP) is 2.36. The minimum absolute atomic E-state index is 0.0761. The lowest BCUT2D eigenvalue weighted by Gasteiger charge is -2.26. The van der Waals surface area contributed by atoms with Crippen molar-refractivity contribution in [2.45, 2.75) is 25.2 Å². The second-order valence-corrected chi connectivity index (χ2v) is 7.70. The number of carboxylic acids is 1. The van der Waals surface area contributed by atoms with Gasteiger partial charge in [-0.15, -0.1) is 5.10 Å². The average Bonchev–Trinajstić information content (AvgIpc) is 3.05. The molecule has 0 fully saturated rings. The van der Waals surface area contributed by atoms with Crippen LogP contribution in [0.25, 0.3) is 5.78 Å². The maximum absolute atomic E-state index is 13.5. The Bertz CT molecular complexity index is 1210. The van der Waals surface area contributed by atoms with Gasteiger partial charge in [-0.1, -0.05) is 6.07 Å². The summed E-state index contributed by atoms with van der Waals surface area (Å²) in [5, 5.41) is 12.3. The Hall–Kier alpha value is -3.22. The maximum atomic E-state index is 13.5. The van der Waals surface area contributed by atoms with Crippen LogP contribution < -0.4 is 4.31 Å². The van der Waals surface area contributed by atoms with Crippen LogP contribution in [0.15, 0.2) is 35.7 Å². The molecule has 2 aromatic heterocycles. The molecular formula is C16H14F3N5O4S. The molecule has 0 aliphatic heterocycles. The van der Waals surface area contributed by atoms with Crippen LogP contribution in [0.1, 0.15) is 28.4 Å². The first-order valence-corrected chi connectivity index (χ1v) is 9.56. The fraction of sp³-hybridized carbons (Fsp3) is 0.250. The molecule has 0 radical (unpaired) electrons. The van der Waals surface area contributed by atoms with Gasteiger partial charge in [-0.25, -0.2) is 14.3 Å². The van der Waals surface area contributed by atoms with Crippen molar-refractivity contribution in [3.05, 3.63) is 47.3 Å². The third-order valence-corrected chi connectivity index (χ3v) is 5.59. The van der Waals surface area contributed by atoms with Crippen LogP contribution >= 0.6 is 0 Å². The number of nitrogens with zero attached hydrogens (tertiary/aromatic N) is 5. The number of fused-ring (bicyclic) bond motifs is 1. The Kier molecular flexibility index (Phi) is 4.94. The van der Waals surface area contributed by atoms with Gasteiger partial charge in [-0.05, 0) is 31.5 Å². The number of anilines is 1. The third-order valence-electron chi connectivity index (χ3n) is 3.93. The number of aromatic nitrogens is 4. The van der Waals surface area contributed by atoms with Crippen LogP contribution in [-0.2, 0) is 16.2 Å². The normalized spacial score (nSPS) is 12.3. The highest BCUT2D eigenvalue weighted by Crippen LogP contribution is 2.40. The Morgan fingerprint density at radius 2 is 2.00 bits per heavy atom. The molecule has 0 saturated carbocycles. The zero-order chi connectivity index (χ0) is 21.6. The predicted molar refractivity (Wildman–Crippen MR) is 94.1 cm³/mol. The van der Waals surface area contributed by atoms with Gasteiger partial charge in [-0.2, -0.15) is 26.6 Å². The van der Waals surface area contributed by atoms with E-state index < -0.39 is 50.7 Å². The van der Waals surface area contributed by atoms with Gasteiger partial charge < -0.3 is 5.11 Å². The van der Waals surface area contributed by atoms with E-state index in [0.717, 1.165) is 16.6 Å². The van der Waals surface area contributed by atoms with Crippen molar-refractivity contribution in [2.24, 2.45) is 0 Å². The summed E-state index contributed by atoms with van der Waals surface area (Å²) in [6.45, 7) is 2.46. The van der Waals surface area contributed by atoms with Crippen molar-refractivity contribution in [3.8, 4) is 0 Å². The van der Waals surface area contributed by atoms with Crippen molar-refractivity contribution in [2.75, 3.05) is 10.8 Å². The van der Waals surface area contributed by atoms with Gasteiger partial charge in [0.2, 0.25) is 0 Å². The smallest absolute Gasteiger partial charge is 0.418 e. The number of rotatable bonds is 5. The lowest BCUT2D eigenvalue weighted by molar-refractivity contribution is -0.137. The summed E-state index contributed by atoms with van der Waals surface area (Å²) in [5.74, 6) is -1.78. The molecule has 0 unspecified atom stereocenters. The summed E-state index contributed by atoms with van der Waals surface area (Å²) in [5.41, 5.74) is -2.57. The highest BCUT2D eigenvalue weighted by molar-refractivity contribution is 7.92. The number of alkyl halides is 3. The molecule has 3 rings (SSSR count). The number of hydrogen-bond acceptors (Lipinski definition) is 6. The average molecular weight is 429 g/mol. The topological polar surface area (TPSA) is 118 Å². The maximum Gasteiger partial charge on any atom is 0.418 e. The summed E-state index contributed by atoms with van der Waals surface area (Å²) in [6.07, 6.45) is -2.13. The van der Waals surface area contributed by atoms with E-state index in [2.05, 4.69) is 15.1 Å². The van der Waals surface area contributed by atoms with Crippen molar-refractivity contribution < 1.29 is 31.5 Å². The second-order valence-electron chi connectivity index (χ2n) is 5.94. The molecule has 0 aliphatic carbocycles. The number of carboxylic acid groups (broad SMARTS) is 1. The fourth-order valence-electron chi connectivity index (χ4n) is 2.73. The number of carbonyl (C=O) groups is 1. The second kappa shape index (κ2) is 6.99. The number of para-hydroxylation sites is 1. The molecule has 2 heterocycles. The minimum atomic E-state index is -4.99. The molecule has 1 N–H and O–H groups in total. The van der Waals surface area contributed by atoms with E-state index in [0.29, 0.717) is 15.9 Å². The van der Waals surface area contributed by atoms with Crippen LogP contribution in [-0.4, -0.2) is 45.6 Å². The lowest BCUT2D eigenvalue weighted by atomic mass is 10.1. The van der Waals surface area contributed by atoms with Gasteiger partial charge in [0.1, 0.15) is 0 Å². The molecule has 154 valence electrons. The molecule has 0 aliphatic rings. The molecule has 3 aromatic rings. The van der Waals surface area contributed by atoms with Crippen molar-refractivity contribution >= 4 is 27.5 Å². The molecule has 1 aromatic carbocycles. The van der Waals surface area contributed by atoms with Crippen LogP contribution in [0.5, 0.6) is 0 Å². The highest BCUT2D eigenvalue weighted by atomic mass is 32.2. The Morgan fingerprint density at radius 1 is 1.31 bits per heavy atom. The number of halogens is 3. The summed E-state index contributed by atoms with van der Waals surface area (Å²) in [4.78, 5) is 19.2. The minimum Gasteiger partial charge on any atom is -0.478 e.